The van der Waals surface area contributed by atoms with E-state index in [2.05, 4.69) is 56.4 Å². The van der Waals surface area contributed by atoms with Crippen molar-refractivity contribution in [3.63, 3.8) is 0 Å². The van der Waals surface area contributed by atoms with Crippen molar-refractivity contribution in [1.29, 1.82) is 0 Å². The van der Waals surface area contributed by atoms with E-state index in [0.717, 1.165) is 11.8 Å². The maximum atomic E-state index is 3.67. The fourth-order valence-electron chi connectivity index (χ4n) is 5.11. The van der Waals surface area contributed by atoms with Crippen LogP contribution in [0.2, 0.25) is 0 Å². The summed E-state index contributed by atoms with van der Waals surface area (Å²) in [6.07, 6.45) is 6.86. The van der Waals surface area contributed by atoms with Crippen LogP contribution in [0.25, 0.3) is 0 Å². The quantitative estimate of drug-likeness (QED) is 0.832. The normalized spacial score (nSPS) is 35.8. The molecule has 1 aliphatic heterocycles. The monoisotopic (exact) mass is 285 g/mol. The molecule has 1 heteroatoms. The Hall–Kier alpha value is -0.820. The van der Waals surface area contributed by atoms with Gasteiger partial charge in [-0.3, -0.25) is 0 Å². The zero-order valence-electron chi connectivity index (χ0n) is 14.0. The van der Waals surface area contributed by atoms with Crippen LogP contribution in [0.15, 0.2) is 30.3 Å². The largest absolute Gasteiger partial charge is 0.316 e. The van der Waals surface area contributed by atoms with Gasteiger partial charge in [-0.2, -0.15) is 0 Å². The molecule has 3 unspecified atom stereocenters. The summed E-state index contributed by atoms with van der Waals surface area (Å²) in [6, 6.07) is 11.1. The van der Waals surface area contributed by atoms with E-state index in [1.165, 1.54) is 50.8 Å². The maximum Gasteiger partial charge on any atom is -0.00119 e. The van der Waals surface area contributed by atoms with Gasteiger partial charge in [0.25, 0.3) is 0 Å². The molecule has 3 atom stereocenters. The van der Waals surface area contributed by atoms with Crippen LogP contribution in [0.5, 0.6) is 0 Å². The Morgan fingerprint density at radius 2 is 1.86 bits per heavy atom. The second-order valence-corrected chi connectivity index (χ2v) is 8.34. The van der Waals surface area contributed by atoms with Gasteiger partial charge in [0.2, 0.25) is 0 Å². The molecule has 0 bridgehead atoms. The highest BCUT2D eigenvalue weighted by atomic mass is 14.9. The summed E-state index contributed by atoms with van der Waals surface area (Å²) in [7, 11) is 0. The molecule has 1 heterocycles. The predicted octanol–water partition coefficient (Wildman–Crippen LogP) is 4.67. The highest BCUT2D eigenvalue weighted by Gasteiger charge is 2.49. The minimum atomic E-state index is 0.548. The van der Waals surface area contributed by atoms with Crippen LogP contribution in [-0.2, 0) is 6.42 Å². The second-order valence-electron chi connectivity index (χ2n) is 8.34. The zero-order chi connectivity index (χ0) is 14.9. The smallest absolute Gasteiger partial charge is 0.00119 e. The summed E-state index contributed by atoms with van der Waals surface area (Å²) < 4.78 is 0. The van der Waals surface area contributed by atoms with Crippen LogP contribution < -0.4 is 5.32 Å². The van der Waals surface area contributed by atoms with Crippen LogP contribution in [-0.4, -0.2) is 13.1 Å². The van der Waals surface area contributed by atoms with Gasteiger partial charge in [-0.05, 0) is 73.4 Å². The zero-order valence-corrected chi connectivity index (χ0v) is 14.0. The molecule has 1 aliphatic carbocycles. The number of benzene rings is 1. The predicted molar refractivity (Wildman–Crippen MR) is 90.4 cm³/mol. The molecule has 1 N–H and O–H groups in total. The Bertz CT molecular complexity index is 464. The minimum Gasteiger partial charge on any atom is -0.316 e. The molecule has 2 fully saturated rings. The Balaban J connectivity index is 1.81. The van der Waals surface area contributed by atoms with E-state index in [0.29, 0.717) is 10.8 Å². The molecule has 3 rings (SSSR count). The molecule has 0 radical (unpaired) electrons. The lowest BCUT2D eigenvalue weighted by Crippen LogP contribution is -2.52. The third-order valence-corrected chi connectivity index (χ3v) is 6.40. The number of hydrogen-bond donors (Lipinski definition) is 1. The van der Waals surface area contributed by atoms with E-state index < -0.39 is 0 Å². The molecular weight excluding hydrogens is 254 g/mol. The van der Waals surface area contributed by atoms with Crippen molar-refractivity contribution >= 4 is 0 Å². The van der Waals surface area contributed by atoms with Gasteiger partial charge in [0.05, 0.1) is 0 Å². The van der Waals surface area contributed by atoms with Crippen molar-refractivity contribution in [1.82, 2.24) is 5.32 Å². The third-order valence-electron chi connectivity index (χ3n) is 6.40. The van der Waals surface area contributed by atoms with E-state index in [1.807, 2.05) is 0 Å². The maximum absolute atomic E-state index is 3.67. The molecule has 2 aliphatic rings. The van der Waals surface area contributed by atoms with E-state index in [-0.39, 0.29) is 0 Å². The van der Waals surface area contributed by atoms with Crippen LogP contribution in [0.1, 0.15) is 52.0 Å². The van der Waals surface area contributed by atoms with Crippen LogP contribution in [0.3, 0.4) is 0 Å². The molecule has 0 aromatic heterocycles. The number of hydrogen-bond acceptors (Lipinski definition) is 1. The first kappa shape index (κ1) is 15.1. The summed E-state index contributed by atoms with van der Waals surface area (Å²) in [5.41, 5.74) is 2.64. The van der Waals surface area contributed by atoms with Gasteiger partial charge in [0, 0.05) is 0 Å². The van der Waals surface area contributed by atoms with E-state index in [9.17, 15) is 0 Å². The first-order valence-corrected chi connectivity index (χ1v) is 8.77. The lowest BCUT2D eigenvalue weighted by Gasteiger charge is -2.55. The van der Waals surface area contributed by atoms with Gasteiger partial charge in [-0.25, -0.2) is 0 Å². The Kier molecular flexibility index (Phi) is 4.14. The lowest BCUT2D eigenvalue weighted by atomic mass is 9.52. The Labute approximate surface area is 130 Å². The molecular formula is C20H31N. The number of rotatable bonds is 2. The first-order chi connectivity index (χ1) is 10.0. The van der Waals surface area contributed by atoms with Crippen molar-refractivity contribution in [2.24, 2.45) is 22.7 Å². The summed E-state index contributed by atoms with van der Waals surface area (Å²) in [4.78, 5) is 0. The van der Waals surface area contributed by atoms with Gasteiger partial charge >= 0.3 is 0 Å². The average Bonchev–Trinajstić information content (AvgIpc) is 2.46. The van der Waals surface area contributed by atoms with E-state index >= 15 is 0 Å². The fraction of sp³-hybridized carbons (Fsp3) is 0.700. The van der Waals surface area contributed by atoms with Gasteiger partial charge < -0.3 is 5.32 Å². The highest BCUT2D eigenvalue weighted by Crippen LogP contribution is 2.55. The van der Waals surface area contributed by atoms with Crippen molar-refractivity contribution < 1.29 is 0 Å². The molecule has 1 saturated carbocycles. The molecule has 1 aromatic carbocycles. The van der Waals surface area contributed by atoms with Crippen molar-refractivity contribution in [2.45, 2.75) is 52.9 Å². The molecule has 1 spiro atoms. The van der Waals surface area contributed by atoms with Crippen LogP contribution in [0.4, 0.5) is 0 Å². The summed E-state index contributed by atoms with van der Waals surface area (Å²) in [6.45, 7) is 9.88. The molecule has 0 amide bonds. The van der Waals surface area contributed by atoms with Crippen molar-refractivity contribution in [2.75, 3.05) is 13.1 Å². The van der Waals surface area contributed by atoms with Gasteiger partial charge in [-0.15, -0.1) is 0 Å². The molecule has 1 saturated heterocycles. The molecule has 21 heavy (non-hydrogen) atoms. The fourth-order valence-corrected chi connectivity index (χ4v) is 5.11. The average molecular weight is 285 g/mol. The van der Waals surface area contributed by atoms with Gasteiger partial charge in [0.15, 0.2) is 0 Å². The van der Waals surface area contributed by atoms with Crippen LogP contribution in [0, 0.1) is 22.7 Å². The minimum absolute atomic E-state index is 0.548. The lowest BCUT2D eigenvalue weighted by molar-refractivity contribution is -0.0347. The molecule has 1 aromatic rings. The van der Waals surface area contributed by atoms with Gasteiger partial charge in [-0.1, -0.05) is 51.1 Å². The van der Waals surface area contributed by atoms with Crippen molar-refractivity contribution in [3.8, 4) is 0 Å². The Morgan fingerprint density at radius 1 is 1.10 bits per heavy atom. The van der Waals surface area contributed by atoms with Crippen molar-refractivity contribution in [3.05, 3.63) is 35.9 Å². The highest BCUT2D eigenvalue weighted by molar-refractivity contribution is 5.17. The molecule has 1 nitrogen and oxygen atoms in total. The van der Waals surface area contributed by atoms with Crippen LogP contribution >= 0.6 is 0 Å². The molecule has 116 valence electrons. The second kappa shape index (κ2) is 5.76. The number of piperidine rings is 1. The standard InChI is InChI=1S/C20H31N/c1-16-14-19(2,3)9-10-20(16)11-12-21-15-18(20)13-17-7-5-4-6-8-17/h4-8,16,18,21H,9-15H2,1-3H3. The summed E-state index contributed by atoms with van der Waals surface area (Å²) in [5.74, 6) is 1.66. The summed E-state index contributed by atoms with van der Waals surface area (Å²) in [5, 5.41) is 3.67. The third kappa shape index (κ3) is 3.04. The Morgan fingerprint density at radius 3 is 2.57 bits per heavy atom. The van der Waals surface area contributed by atoms with E-state index in [1.54, 1.807) is 0 Å². The number of nitrogens with one attached hydrogen (secondary N) is 1. The SMILES string of the molecule is CC1CC(C)(C)CCC12CCNCC2Cc1ccccc1. The first-order valence-electron chi connectivity index (χ1n) is 8.77. The van der Waals surface area contributed by atoms with Gasteiger partial charge in [0.1, 0.15) is 0 Å². The topological polar surface area (TPSA) is 12.0 Å². The van der Waals surface area contributed by atoms with E-state index in [4.69, 9.17) is 0 Å². The summed E-state index contributed by atoms with van der Waals surface area (Å²) >= 11 is 0.